The van der Waals surface area contributed by atoms with E-state index in [1.807, 2.05) is 30.3 Å². The molecule has 0 heterocycles. The maximum atomic E-state index is 10.2. The molecule has 2 aromatic rings. The number of nitrogens with one attached hydrogen (secondary N) is 1. The predicted octanol–water partition coefficient (Wildman–Crippen LogP) is 2.61. The van der Waals surface area contributed by atoms with Crippen LogP contribution in [0, 0.1) is 0 Å². The molecule has 0 aliphatic rings. The van der Waals surface area contributed by atoms with E-state index in [0.717, 1.165) is 5.56 Å². The Labute approximate surface area is 129 Å². The van der Waals surface area contributed by atoms with Crippen LogP contribution in [0.15, 0.2) is 64.9 Å². The molecule has 2 unspecified atom stereocenters. The van der Waals surface area contributed by atoms with Crippen molar-refractivity contribution in [1.82, 2.24) is 5.43 Å². The van der Waals surface area contributed by atoms with Gasteiger partial charge >= 0.3 is 0 Å². The van der Waals surface area contributed by atoms with Gasteiger partial charge in [-0.3, -0.25) is 5.43 Å². The standard InChI is InChI=1S/C16H20N4O2/c1-22-11-15(21)16(12-5-3-2-4-6-12)19-20-18-14-9-7-13(17)8-10-14/h2-10,15-16,21H,11,17H2,1H3,(H,18,19). The molecule has 2 rings (SSSR count). The second-order valence-corrected chi connectivity index (χ2v) is 4.83. The molecule has 0 aliphatic carbocycles. The van der Waals surface area contributed by atoms with E-state index in [1.54, 1.807) is 31.4 Å². The first-order valence-corrected chi connectivity index (χ1v) is 6.94. The molecule has 0 bridgehead atoms. The zero-order chi connectivity index (χ0) is 15.8. The van der Waals surface area contributed by atoms with Gasteiger partial charge in [0.15, 0.2) is 0 Å². The van der Waals surface area contributed by atoms with Crippen LogP contribution < -0.4 is 11.2 Å². The summed E-state index contributed by atoms with van der Waals surface area (Å²) in [5, 5.41) is 18.2. The van der Waals surface area contributed by atoms with Gasteiger partial charge in [-0.25, -0.2) is 0 Å². The number of ether oxygens (including phenoxy) is 1. The largest absolute Gasteiger partial charge is 0.399 e. The molecule has 6 heteroatoms. The van der Waals surface area contributed by atoms with Crippen LogP contribution in [0.2, 0.25) is 0 Å². The van der Waals surface area contributed by atoms with Crippen LogP contribution in [0.4, 0.5) is 11.4 Å². The van der Waals surface area contributed by atoms with Gasteiger partial charge in [-0.05, 0) is 29.8 Å². The second kappa shape index (κ2) is 8.11. The number of methoxy groups -OCH3 is 1. The molecule has 22 heavy (non-hydrogen) atoms. The lowest BCUT2D eigenvalue weighted by Gasteiger charge is -2.21. The molecule has 0 aromatic heterocycles. The zero-order valence-corrected chi connectivity index (χ0v) is 12.4. The number of hydrogen-bond donors (Lipinski definition) is 3. The Hall–Kier alpha value is -2.44. The van der Waals surface area contributed by atoms with Crippen LogP contribution in [0.3, 0.4) is 0 Å². The number of benzene rings is 2. The summed E-state index contributed by atoms with van der Waals surface area (Å²) >= 11 is 0. The van der Waals surface area contributed by atoms with E-state index in [9.17, 15) is 5.11 Å². The highest BCUT2D eigenvalue weighted by Gasteiger charge is 2.20. The Kier molecular flexibility index (Phi) is 5.88. The van der Waals surface area contributed by atoms with E-state index < -0.39 is 12.1 Å². The summed E-state index contributed by atoms with van der Waals surface area (Å²) in [6.07, 6.45) is -0.738. The molecule has 0 spiro atoms. The molecule has 6 nitrogen and oxygen atoms in total. The van der Waals surface area contributed by atoms with Crippen LogP contribution in [0.5, 0.6) is 0 Å². The Bertz CT molecular complexity index is 587. The van der Waals surface area contributed by atoms with Crippen LogP contribution in [0.25, 0.3) is 0 Å². The van der Waals surface area contributed by atoms with E-state index in [0.29, 0.717) is 11.4 Å². The van der Waals surface area contributed by atoms with Crippen LogP contribution >= 0.6 is 0 Å². The number of aliphatic hydroxyl groups is 1. The molecule has 0 saturated carbocycles. The molecule has 4 N–H and O–H groups in total. The third-order valence-electron chi connectivity index (χ3n) is 3.14. The smallest absolute Gasteiger partial charge is 0.103 e. The van der Waals surface area contributed by atoms with Crippen molar-refractivity contribution in [3.05, 3.63) is 60.2 Å². The first-order valence-electron chi connectivity index (χ1n) is 6.94. The lowest BCUT2D eigenvalue weighted by molar-refractivity contribution is 0.0381. The van der Waals surface area contributed by atoms with Crippen molar-refractivity contribution in [2.75, 3.05) is 19.5 Å². The number of anilines is 1. The fourth-order valence-electron chi connectivity index (χ4n) is 2.00. The van der Waals surface area contributed by atoms with Crippen molar-refractivity contribution in [2.24, 2.45) is 10.3 Å². The summed E-state index contributed by atoms with van der Waals surface area (Å²) in [6.45, 7) is 0.198. The quantitative estimate of drug-likeness (QED) is 0.416. The molecule has 2 aromatic carbocycles. The Morgan fingerprint density at radius 2 is 1.82 bits per heavy atom. The van der Waals surface area contributed by atoms with Crippen LogP contribution in [-0.4, -0.2) is 24.9 Å². The average molecular weight is 300 g/mol. The van der Waals surface area contributed by atoms with E-state index in [4.69, 9.17) is 10.5 Å². The van der Waals surface area contributed by atoms with Crippen LogP contribution in [-0.2, 0) is 4.74 Å². The highest BCUT2D eigenvalue weighted by Crippen LogP contribution is 2.19. The SMILES string of the molecule is COCC(O)C(NN=Nc1ccc(N)cc1)c1ccccc1. The fourth-order valence-corrected chi connectivity index (χ4v) is 2.00. The third kappa shape index (κ3) is 4.54. The number of nitrogens with two attached hydrogens (primary N) is 1. The van der Waals surface area contributed by atoms with E-state index in [1.165, 1.54) is 0 Å². The topological polar surface area (TPSA) is 92.2 Å². The van der Waals surface area contributed by atoms with Crippen molar-refractivity contribution in [1.29, 1.82) is 0 Å². The first-order chi connectivity index (χ1) is 10.7. The number of rotatable bonds is 7. The van der Waals surface area contributed by atoms with Gasteiger partial charge in [-0.15, -0.1) is 5.11 Å². The average Bonchev–Trinajstić information content (AvgIpc) is 2.54. The van der Waals surface area contributed by atoms with Crippen molar-refractivity contribution < 1.29 is 9.84 Å². The summed E-state index contributed by atoms with van der Waals surface area (Å²) in [4.78, 5) is 0. The number of nitrogen functional groups attached to an aromatic ring is 1. The molecular weight excluding hydrogens is 280 g/mol. The van der Waals surface area contributed by atoms with Gasteiger partial charge in [0, 0.05) is 12.8 Å². The molecular formula is C16H20N4O2. The minimum Gasteiger partial charge on any atom is -0.399 e. The number of nitrogens with zero attached hydrogens (tertiary/aromatic N) is 2. The zero-order valence-electron chi connectivity index (χ0n) is 12.4. The van der Waals surface area contributed by atoms with Gasteiger partial charge < -0.3 is 15.6 Å². The van der Waals surface area contributed by atoms with Crippen molar-refractivity contribution in [2.45, 2.75) is 12.1 Å². The van der Waals surface area contributed by atoms with Crippen LogP contribution in [0.1, 0.15) is 11.6 Å². The first kappa shape index (κ1) is 15.9. The number of aliphatic hydroxyl groups excluding tert-OH is 1. The maximum Gasteiger partial charge on any atom is 0.103 e. The lowest BCUT2D eigenvalue weighted by atomic mass is 10.0. The summed E-state index contributed by atoms with van der Waals surface area (Å²) in [7, 11) is 1.54. The van der Waals surface area contributed by atoms with Gasteiger partial charge in [0.05, 0.1) is 18.3 Å². The Morgan fingerprint density at radius 1 is 1.14 bits per heavy atom. The maximum absolute atomic E-state index is 10.2. The lowest BCUT2D eigenvalue weighted by Crippen LogP contribution is -2.32. The Balaban J connectivity index is 2.08. The van der Waals surface area contributed by atoms with E-state index in [2.05, 4.69) is 15.8 Å². The minimum atomic E-state index is -0.738. The molecule has 0 radical (unpaired) electrons. The summed E-state index contributed by atoms with van der Waals surface area (Å²) in [6, 6.07) is 16.2. The highest BCUT2D eigenvalue weighted by molar-refractivity contribution is 5.47. The highest BCUT2D eigenvalue weighted by atomic mass is 16.5. The molecule has 2 atom stereocenters. The molecule has 116 valence electrons. The summed E-state index contributed by atoms with van der Waals surface area (Å²) in [5.74, 6) is 0. The van der Waals surface area contributed by atoms with Gasteiger partial charge in [0.2, 0.25) is 0 Å². The van der Waals surface area contributed by atoms with Crippen molar-refractivity contribution >= 4 is 11.4 Å². The normalized spacial score (nSPS) is 13.9. The summed E-state index contributed by atoms with van der Waals surface area (Å²) in [5.41, 5.74) is 10.8. The predicted molar refractivity (Wildman–Crippen MR) is 85.6 cm³/mol. The third-order valence-corrected chi connectivity index (χ3v) is 3.14. The van der Waals surface area contributed by atoms with Gasteiger partial charge in [0.1, 0.15) is 6.10 Å². The fraction of sp³-hybridized carbons (Fsp3) is 0.250. The Morgan fingerprint density at radius 3 is 2.45 bits per heavy atom. The number of hydrogen-bond acceptors (Lipinski definition) is 5. The molecule has 0 saturated heterocycles. The van der Waals surface area contributed by atoms with Gasteiger partial charge in [0.25, 0.3) is 0 Å². The van der Waals surface area contributed by atoms with Gasteiger partial charge in [-0.2, -0.15) is 0 Å². The monoisotopic (exact) mass is 300 g/mol. The minimum absolute atomic E-state index is 0.198. The second-order valence-electron chi connectivity index (χ2n) is 4.83. The summed E-state index contributed by atoms with van der Waals surface area (Å²) < 4.78 is 5.01. The molecule has 0 fully saturated rings. The molecule has 0 aliphatic heterocycles. The van der Waals surface area contributed by atoms with Crippen molar-refractivity contribution in [3.8, 4) is 0 Å². The molecule has 0 amide bonds. The van der Waals surface area contributed by atoms with Gasteiger partial charge in [-0.1, -0.05) is 35.6 Å². The van der Waals surface area contributed by atoms with Crippen molar-refractivity contribution in [3.63, 3.8) is 0 Å². The van der Waals surface area contributed by atoms with E-state index in [-0.39, 0.29) is 6.61 Å². The van der Waals surface area contributed by atoms with E-state index >= 15 is 0 Å².